The third-order valence-electron chi connectivity index (χ3n) is 1.75. The van der Waals surface area contributed by atoms with Crippen LogP contribution in [0.4, 0.5) is 0 Å². The smallest absolute Gasteiger partial charge is 0.159 e. The van der Waals surface area contributed by atoms with Gasteiger partial charge in [-0.2, -0.15) is 0 Å². The van der Waals surface area contributed by atoms with E-state index in [-0.39, 0.29) is 11.5 Å². The van der Waals surface area contributed by atoms with Crippen LogP contribution < -0.4 is 0 Å². The first-order valence-corrected chi connectivity index (χ1v) is 4.03. The number of phenols is 2. The van der Waals surface area contributed by atoms with Gasteiger partial charge in [0.25, 0.3) is 0 Å². The second kappa shape index (κ2) is 2.78. The van der Waals surface area contributed by atoms with Crippen LogP contribution >= 0.6 is 11.6 Å². The van der Waals surface area contributed by atoms with E-state index in [1.54, 1.807) is 12.1 Å². The Morgan fingerprint density at radius 1 is 1.08 bits per heavy atom. The van der Waals surface area contributed by atoms with Crippen LogP contribution in [0.2, 0.25) is 5.15 Å². The molecule has 0 atom stereocenters. The van der Waals surface area contributed by atoms with E-state index in [1.807, 2.05) is 0 Å². The molecule has 66 valence electrons. The molecule has 0 aliphatic heterocycles. The van der Waals surface area contributed by atoms with Gasteiger partial charge in [-0.15, -0.1) is 0 Å². The molecule has 0 aliphatic rings. The Morgan fingerprint density at radius 2 is 1.77 bits per heavy atom. The molecule has 0 radical (unpaired) electrons. The average Bonchev–Trinajstić information content (AvgIpc) is 2.08. The van der Waals surface area contributed by atoms with E-state index >= 15 is 0 Å². The summed E-state index contributed by atoms with van der Waals surface area (Å²) in [6.45, 7) is 0. The monoisotopic (exact) mass is 195 g/mol. The van der Waals surface area contributed by atoms with E-state index in [0.29, 0.717) is 10.7 Å². The van der Waals surface area contributed by atoms with E-state index in [4.69, 9.17) is 11.6 Å². The summed E-state index contributed by atoms with van der Waals surface area (Å²) in [7, 11) is 0. The van der Waals surface area contributed by atoms with Crippen molar-refractivity contribution in [1.29, 1.82) is 0 Å². The molecule has 0 saturated carbocycles. The van der Waals surface area contributed by atoms with Gasteiger partial charge in [0.05, 0.1) is 5.52 Å². The van der Waals surface area contributed by atoms with Crippen molar-refractivity contribution in [2.75, 3.05) is 0 Å². The van der Waals surface area contributed by atoms with Gasteiger partial charge in [-0.25, -0.2) is 4.98 Å². The van der Waals surface area contributed by atoms with Gasteiger partial charge in [-0.05, 0) is 18.2 Å². The van der Waals surface area contributed by atoms with Crippen molar-refractivity contribution in [3.05, 3.63) is 29.4 Å². The fourth-order valence-corrected chi connectivity index (χ4v) is 1.28. The van der Waals surface area contributed by atoms with Crippen molar-refractivity contribution in [2.45, 2.75) is 0 Å². The molecule has 1 aromatic heterocycles. The molecular weight excluding hydrogens is 190 g/mol. The summed E-state index contributed by atoms with van der Waals surface area (Å²) in [4.78, 5) is 3.97. The fourth-order valence-electron chi connectivity index (χ4n) is 1.12. The summed E-state index contributed by atoms with van der Waals surface area (Å²) in [5.74, 6) is -0.348. The Kier molecular flexibility index (Phi) is 1.74. The second-order valence-electron chi connectivity index (χ2n) is 2.67. The molecule has 0 aliphatic carbocycles. The van der Waals surface area contributed by atoms with Crippen LogP contribution in [0.1, 0.15) is 0 Å². The van der Waals surface area contributed by atoms with E-state index in [1.165, 1.54) is 12.1 Å². The highest BCUT2D eigenvalue weighted by molar-refractivity contribution is 6.29. The first kappa shape index (κ1) is 8.13. The zero-order valence-electron chi connectivity index (χ0n) is 6.53. The summed E-state index contributed by atoms with van der Waals surface area (Å²) in [6.07, 6.45) is 0. The van der Waals surface area contributed by atoms with Gasteiger partial charge in [0.2, 0.25) is 0 Å². The molecule has 0 unspecified atom stereocenters. The Labute approximate surface area is 79.2 Å². The molecule has 1 aromatic carbocycles. The van der Waals surface area contributed by atoms with Crippen molar-refractivity contribution < 1.29 is 10.2 Å². The van der Waals surface area contributed by atoms with Gasteiger partial charge in [-0.1, -0.05) is 11.6 Å². The Bertz CT molecular complexity index is 470. The molecule has 0 saturated heterocycles. The number of hydrogen-bond donors (Lipinski definition) is 2. The third kappa shape index (κ3) is 1.38. The number of hydrogen-bond acceptors (Lipinski definition) is 3. The van der Waals surface area contributed by atoms with Gasteiger partial charge in [0, 0.05) is 11.5 Å². The minimum Gasteiger partial charge on any atom is -0.504 e. The highest BCUT2D eigenvalue weighted by atomic mass is 35.5. The third-order valence-corrected chi connectivity index (χ3v) is 1.96. The summed E-state index contributed by atoms with van der Waals surface area (Å²) >= 11 is 5.66. The summed E-state index contributed by atoms with van der Waals surface area (Å²) in [5.41, 5.74) is 0.558. The van der Waals surface area contributed by atoms with Gasteiger partial charge < -0.3 is 10.2 Å². The molecule has 4 heteroatoms. The molecule has 2 aromatic rings. The number of phenolic OH excluding ortho intramolecular Hbond substituents is 2. The predicted molar refractivity (Wildman–Crippen MR) is 50.1 cm³/mol. The fraction of sp³-hybridized carbons (Fsp3) is 0. The van der Waals surface area contributed by atoms with E-state index in [2.05, 4.69) is 4.98 Å². The van der Waals surface area contributed by atoms with Crippen LogP contribution in [0.25, 0.3) is 10.9 Å². The van der Waals surface area contributed by atoms with Crippen molar-refractivity contribution in [2.24, 2.45) is 0 Å². The zero-order chi connectivity index (χ0) is 9.42. The number of fused-ring (bicyclic) bond motifs is 1. The highest BCUT2D eigenvalue weighted by Crippen LogP contribution is 2.29. The molecule has 0 spiro atoms. The Morgan fingerprint density at radius 3 is 2.54 bits per heavy atom. The maximum absolute atomic E-state index is 9.18. The molecular formula is C9H6ClNO2. The molecule has 0 bridgehead atoms. The molecule has 13 heavy (non-hydrogen) atoms. The van der Waals surface area contributed by atoms with Crippen LogP contribution in [-0.4, -0.2) is 15.2 Å². The number of benzene rings is 1. The van der Waals surface area contributed by atoms with E-state index < -0.39 is 0 Å². The molecule has 3 nitrogen and oxygen atoms in total. The number of pyridine rings is 1. The van der Waals surface area contributed by atoms with E-state index in [0.717, 1.165) is 5.39 Å². The standard InChI is InChI=1S/C9H6ClNO2/c10-9-2-1-5-3-7(12)8(13)4-6(5)11-9/h1-4,12-13H. The lowest BCUT2D eigenvalue weighted by molar-refractivity contribution is 0.405. The number of rotatable bonds is 0. The van der Waals surface area contributed by atoms with Crippen LogP contribution in [-0.2, 0) is 0 Å². The minimum absolute atomic E-state index is 0.156. The lowest BCUT2D eigenvalue weighted by atomic mass is 10.2. The lowest BCUT2D eigenvalue weighted by Crippen LogP contribution is -1.79. The molecule has 1 heterocycles. The Balaban J connectivity index is 2.81. The van der Waals surface area contributed by atoms with Gasteiger partial charge in [0.1, 0.15) is 5.15 Å². The van der Waals surface area contributed by atoms with Crippen molar-refractivity contribution >= 4 is 22.5 Å². The molecule has 2 rings (SSSR count). The summed E-state index contributed by atoms with van der Waals surface area (Å²) in [5, 5.41) is 19.4. The van der Waals surface area contributed by atoms with Crippen molar-refractivity contribution in [3.63, 3.8) is 0 Å². The Hall–Kier alpha value is -1.48. The molecule has 0 fully saturated rings. The second-order valence-corrected chi connectivity index (χ2v) is 3.05. The number of halogens is 1. The zero-order valence-corrected chi connectivity index (χ0v) is 7.28. The van der Waals surface area contributed by atoms with Crippen molar-refractivity contribution in [1.82, 2.24) is 4.98 Å². The van der Waals surface area contributed by atoms with Crippen LogP contribution in [0.3, 0.4) is 0 Å². The maximum atomic E-state index is 9.18. The first-order valence-electron chi connectivity index (χ1n) is 3.65. The maximum Gasteiger partial charge on any atom is 0.159 e. The highest BCUT2D eigenvalue weighted by Gasteiger charge is 2.02. The predicted octanol–water partition coefficient (Wildman–Crippen LogP) is 2.30. The average molecular weight is 196 g/mol. The molecule has 0 amide bonds. The number of aromatic nitrogens is 1. The minimum atomic E-state index is -0.192. The topological polar surface area (TPSA) is 53.4 Å². The molecule has 2 N–H and O–H groups in total. The largest absolute Gasteiger partial charge is 0.504 e. The van der Waals surface area contributed by atoms with Gasteiger partial charge in [0.15, 0.2) is 11.5 Å². The first-order chi connectivity index (χ1) is 6.16. The van der Waals surface area contributed by atoms with Crippen LogP contribution in [0, 0.1) is 0 Å². The summed E-state index contributed by atoms with van der Waals surface area (Å²) < 4.78 is 0. The lowest BCUT2D eigenvalue weighted by Gasteiger charge is -2.00. The van der Waals surface area contributed by atoms with Crippen LogP contribution in [0.5, 0.6) is 11.5 Å². The van der Waals surface area contributed by atoms with Crippen molar-refractivity contribution in [3.8, 4) is 11.5 Å². The van der Waals surface area contributed by atoms with Gasteiger partial charge >= 0.3 is 0 Å². The quantitative estimate of drug-likeness (QED) is 0.501. The number of aromatic hydroxyl groups is 2. The normalized spacial score (nSPS) is 10.5. The van der Waals surface area contributed by atoms with Gasteiger partial charge in [-0.3, -0.25) is 0 Å². The summed E-state index contributed by atoms with van der Waals surface area (Å²) in [6, 6.07) is 6.16. The SMILES string of the molecule is Oc1cc2ccc(Cl)nc2cc1O. The van der Waals surface area contributed by atoms with E-state index in [9.17, 15) is 10.2 Å². The van der Waals surface area contributed by atoms with Crippen LogP contribution in [0.15, 0.2) is 24.3 Å². The number of nitrogens with zero attached hydrogens (tertiary/aromatic N) is 1.